The van der Waals surface area contributed by atoms with E-state index in [1.165, 1.54) is 48.7 Å². The molecule has 0 bridgehead atoms. The minimum absolute atomic E-state index is 0.0468. The summed E-state index contributed by atoms with van der Waals surface area (Å²) in [6.45, 7) is 31.5. The molecule has 24 heteroatoms. The molecule has 24 nitrogen and oxygen atoms in total. The van der Waals surface area contributed by atoms with Crippen LogP contribution < -0.4 is 53.2 Å². The summed E-state index contributed by atoms with van der Waals surface area (Å²) >= 11 is 0. The molecule has 8 atom stereocenters. The summed E-state index contributed by atoms with van der Waals surface area (Å²) in [6, 6.07) is 1.67. The highest BCUT2D eigenvalue weighted by atomic mass is 16.6. The van der Waals surface area contributed by atoms with Crippen LogP contribution in [0.25, 0.3) is 0 Å². The van der Waals surface area contributed by atoms with Crippen LogP contribution in [0.2, 0.25) is 0 Å². The lowest BCUT2D eigenvalue weighted by molar-refractivity contribution is -0.150. The van der Waals surface area contributed by atoms with Gasteiger partial charge in [0.05, 0.1) is 26.4 Å². The molecule has 0 aliphatic carbocycles. The molecule has 0 aromatic heterocycles. The van der Waals surface area contributed by atoms with Crippen molar-refractivity contribution >= 4 is 65.2 Å². The molecule has 0 unspecified atom stereocenters. The number of amides is 10. The van der Waals surface area contributed by atoms with Crippen molar-refractivity contribution in [2.24, 2.45) is 29.6 Å². The van der Waals surface area contributed by atoms with Crippen molar-refractivity contribution in [1.29, 1.82) is 0 Å². The Morgan fingerprint density at radius 1 is 0.469 bits per heavy atom. The third-order valence-electron chi connectivity index (χ3n) is 13.1. The lowest BCUT2D eigenvalue weighted by Crippen LogP contribution is -2.66. The van der Waals surface area contributed by atoms with Crippen molar-refractivity contribution in [2.75, 3.05) is 13.7 Å². The highest BCUT2D eigenvalue weighted by Gasteiger charge is 2.42. The number of carbonyl (C=O) groups excluding carboxylic acids is 11. The zero-order valence-electron chi connectivity index (χ0n) is 51.7. The smallest absolute Gasteiger partial charge is 0.408 e. The van der Waals surface area contributed by atoms with Gasteiger partial charge in [0.25, 0.3) is 0 Å². The van der Waals surface area contributed by atoms with Crippen LogP contribution in [0, 0.1) is 29.6 Å². The van der Waals surface area contributed by atoms with Crippen molar-refractivity contribution in [1.82, 2.24) is 53.2 Å². The number of nitrogens with one attached hydrogen (secondary N) is 10. The van der Waals surface area contributed by atoms with Crippen LogP contribution in [-0.4, -0.2) is 143 Å². The van der Waals surface area contributed by atoms with Crippen LogP contribution in [0.15, 0.2) is 30.3 Å². The number of hydrogen-bond donors (Lipinski definition) is 10. The van der Waals surface area contributed by atoms with E-state index < -0.39 is 160 Å². The van der Waals surface area contributed by atoms with Gasteiger partial charge in [0, 0.05) is 0 Å². The second-order valence-electron chi connectivity index (χ2n) is 24.5. The summed E-state index contributed by atoms with van der Waals surface area (Å²) in [6.07, 6.45) is -1.44. The first-order chi connectivity index (χ1) is 37.1. The maximum absolute atomic E-state index is 14.3. The fourth-order valence-corrected chi connectivity index (χ4v) is 7.80. The third-order valence-corrected chi connectivity index (χ3v) is 13.1. The van der Waals surface area contributed by atoms with E-state index in [0.29, 0.717) is 6.42 Å². The van der Waals surface area contributed by atoms with Gasteiger partial charge in [-0.2, -0.15) is 0 Å². The van der Waals surface area contributed by atoms with Gasteiger partial charge in [-0.1, -0.05) is 106 Å². The molecule has 10 N–H and O–H groups in total. The maximum Gasteiger partial charge on any atom is 0.408 e. The largest absolute Gasteiger partial charge is 0.467 e. The molecule has 1 aromatic carbocycles. The monoisotopic (exact) mass is 1140 g/mol. The Morgan fingerprint density at radius 3 is 1.32 bits per heavy atom. The van der Waals surface area contributed by atoms with E-state index in [0.717, 1.165) is 5.56 Å². The summed E-state index contributed by atoms with van der Waals surface area (Å²) in [5.41, 5.74) is -4.87. The number of hydrogen-bond acceptors (Lipinski definition) is 14. The van der Waals surface area contributed by atoms with Crippen LogP contribution in [0.4, 0.5) is 4.79 Å². The zero-order chi connectivity index (χ0) is 62.7. The first kappa shape index (κ1) is 72.2. The summed E-state index contributed by atoms with van der Waals surface area (Å²) in [4.78, 5) is 149. The minimum atomic E-state index is -1.75. The first-order valence-corrected chi connectivity index (χ1v) is 27.6. The molecule has 458 valence electrons. The Bertz CT molecular complexity index is 2350. The summed E-state index contributed by atoms with van der Waals surface area (Å²) < 4.78 is 16.2. The SMILES string of the molecule is CC[C@@H](C)[C@@H](NC(=O)[C@@H](NC(=O)[C@@H](NC(=O)C(C)(C)NC(=O)CNC(=O)[C@H](NC(=O)OC(C)(C)C)C(C)C)C(C)C)C(C)C)C(=O)NC(C)(C)C(=O)N[C@@H](C(=O)N[C@H](C(=O)NC(C)(C)C(=O)OC)C(C)C)[C@H](C)OCc1ccccc1. The van der Waals surface area contributed by atoms with Gasteiger partial charge in [-0.05, 0) is 104 Å². The molecular formula is C57H96N10O14. The van der Waals surface area contributed by atoms with Gasteiger partial charge in [-0.25, -0.2) is 9.59 Å². The summed E-state index contributed by atoms with van der Waals surface area (Å²) in [7, 11) is 1.18. The Labute approximate surface area is 479 Å². The van der Waals surface area contributed by atoms with E-state index in [1.54, 1.807) is 96.9 Å². The second-order valence-corrected chi connectivity index (χ2v) is 24.5. The lowest BCUT2D eigenvalue weighted by atomic mass is 9.94. The van der Waals surface area contributed by atoms with Crippen molar-refractivity contribution < 1.29 is 67.0 Å². The number of rotatable bonds is 30. The maximum atomic E-state index is 14.3. The topological polar surface area (TPSA) is 336 Å². The number of alkyl carbamates (subject to hydrolysis) is 1. The molecule has 1 aromatic rings. The Balaban J connectivity index is 3.33. The highest BCUT2D eigenvalue weighted by Crippen LogP contribution is 2.17. The summed E-state index contributed by atoms with van der Waals surface area (Å²) in [5, 5.41) is 26.4. The number of benzene rings is 1. The van der Waals surface area contributed by atoms with Crippen LogP contribution in [-0.2, 0) is 68.8 Å². The molecule has 0 aliphatic heterocycles. The number of carbonyl (C=O) groups is 11. The standard InChI is InChI=1S/C57H96N10O14/c1-22-34(10)42(49(74)66-56(17,18)51(76)63-43(35(11)80-29-36-26-24-23-25-27-36)47(72)60-41(33(8)9)48(73)67-57(19,20)52(77)79-21)61-45(70)39(31(4)5)59-46(71)40(32(6)7)62-50(75)55(15,16)65-37(68)28-58-44(69)38(30(2)3)64-53(78)81-54(12,13)14/h23-27,30-35,38-43H,22,28-29H2,1-21H3,(H,58,69)(H,59,71)(H,60,72)(H,61,70)(H,62,75)(H,63,76)(H,64,78)(H,65,68)(H,66,74)(H,67,73)/t34-,35+,38-,39+,40+,41+,42-,43-/m1/s1. The second kappa shape index (κ2) is 31.4. The van der Waals surface area contributed by atoms with E-state index >= 15 is 0 Å². The lowest BCUT2D eigenvalue weighted by Gasteiger charge is -2.34. The molecule has 81 heavy (non-hydrogen) atoms. The van der Waals surface area contributed by atoms with Gasteiger partial charge in [-0.15, -0.1) is 0 Å². The van der Waals surface area contributed by atoms with Crippen molar-refractivity contribution in [3.8, 4) is 0 Å². The molecule has 0 spiro atoms. The van der Waals surface area contributed by atoms with Crippen LogP contribution in [0.5, 0.6) is 0 Å². The Morgan fingerprint density at radius 2 is 0.864 bits per heavy atom. The Hall–Kier alpha value is -6.85. The van der Waals surface area contributed by atoms with E-state index in [-0.39, 0.29) is 12.5 Å². The fraction of sp³-hybridized carbons (Fsp3) is 0.702. The normalized spacial score (nSPS) is 15.0. The molecule has 0 aliphatic rings. The highest BCUT2D eigenvalue weighted by molar-refractivity contribution is 6.00. The summed E-state index contributed by atoms with van der Waals surface area (Å²) in [5.74, 6) is -9.97. The molecule has 0 heterocycles. The van der Waals surface area contributed by atoms with E-state index in [2.05, 4.69) is 53.2 Å². The molecule has 0 fully saturated rings. The van der Waals surface area contributed by atoms with Gasteiger partial charge >= 0.3 is 12.1 Å². The fourth-order valence-electron chi connectivity index (χ4n) is 7.80. The Kier molecular flexibility index (Phi) is 28.0. The molecule has 0 saturated heterocycles. The van der Waals surface area contributed by atoms with Crippen molar-refractivity contribution in [3.05, 3.63) is 35.9 Å². The number of ether oxygens (including phenoxy) is 3. The molecule has 10 amide bonds. The molecule has 0 saturated carbocycles. The van der Waals surface area contributed by atoms with Crippen molar-refractivity contribution in [2.45, 2.75) is 216 Å². The molecular weight excluding hydrogens is 1050 g/mol. The average Bonchev–Trinajstić information content (AvgIpc) is 3.35. The van der Waals surface area contributed by atoms with Crippen LogP contribution >= 0.6 is 0 Å². The van der Waals surface area contributed by atoms with Gasteiger partial charge in [0.2, 0.25) is 53.2 Å². The average molecular weight is 1150 g/mol. The first-order valence-electron chi connectivity index (χ1n) is 27.6. The van der Waals surface area contributed by atoms with E-state index in [9.17, 15) is 52.7 Å². The quantitative estimate of drug-likeness (QED) is 0.0496. The molecule has 1 rings (SSSR count). The predicted molar refractivity (Wildman–Crippen MR) is 304 cm³/mol. The van der Waals surface area contributed by atoms with Crippen LogP contribution in [0.3, 0.4) is 0 Å². The predicted octanol–water partition coefficient (Wildman–Crippen LogP) is 2.55. The van der Waals surface area contributed by atoms with E-state index in [4.69, 9.17) is 14.2 Å². The number of esters is 1. The van der Waals surface area contributed by atoms with Gasteiger partial charge in [0.15, 0.2) is 0 Å². The van der Waals surface area contributed by atoms with Gasteiger partial charge < -0.3 is 67.4 Å². The molecule has 0 radical (unpaired) electrons. The van der Waals surface area contributed by atoms with Crippen LogP contribution in [0.1, 0.15) is 150 Å². The zero-order valence-corrected chi connectivity index (χ0v) is 51.7. The number of methoxy groups -OCH3 is 1. The van der Waals surface area contributed by atoms with Crippen molar-refractivity contribution in [3.63, 3.8) is 0 Å². The van der Waals surface area contributed by atoms with Gasteiger partial charge in [-0.3, -0.25) is 43.2 Å². The third kappa shape index (κ3) is 23.6. The van der Waals surface area contributed by atoms with Gasteiger partial charge in [0.1, 0.15) is 58.5 Å². The van der Waals surface area contributed by atoms with E-state index in [1.807, 2.05) is 30.3 Å². The minimum Gasteiger partial charge on any atom is -0.467 e.